The van der Waals surface area contributed by atoms with Crippen LogP contribution in [0.1, 0.15) is 29.7 Å². The number of ether oxygens (including phenoxy) is 1. The van der Waals surface area contributed by atoms with Gasteiger partial charge in [0.2, 0.25) is 0 Å². The summed E-state index contributed by atoms with van der Waals surface area (Å²) in [5, 5.41) is 0. The van der Waals surface area contributed by atoms with E-state index in [4.69, 9.17) is 11.2 Å². The molecule has 0 amide bonds. The molecule has 0 unspecified atom stereocenters. The minimum Gasteiger partial charge on any atom is -0.356 e. The molecule has 2 aromatic carbocycles. The van der Waals surface area contributed by atoms with Gasteiger partial charge >= 0.3 is 0 Å². The Morgan fingerprint density at radius 2 is 1.95 bits per heavy atom. The Balaban J connectivity index is 1.98. The number of halogens is 1. The average Bonchev–Trinajstić information content (AvgIpc) is 3.13. The molecule has 2 atom stereocenters. The number of terminal acetylenes is 1. The van der Waals surface area contributed by atoms with Crippen LogP contribution in [-0.4, -0.2) is 0 Å². The third kappa shape index (κ3) is 1.93. The number of rotatable bonds is 2. The van der Waals surface area contributed by atoms with Crippen LogP contribution < -0.4 is 0 Å². The number of epoxide rings is 1. The maximum Gasteiger partial charge on any atom is 0.124 e. The summed E-state index contributed by atoms with van der Waals surface area (Å²) in [5.41, 5.74) is 2.16. The van der Waals surface area contributed by atoms with Crippen molar-refractivity contribution in [3.05, 3.63) is 71.0 Å². The van der Waals surface area contributed by atoms with Gasteiger partial charge in [0.25, 0.3) is 0 Å². The molecule has 0 N–H and O–H groups in total. The molecule has 0 spiro atoms. The van der Waals surface area contributed by atoms with E-state index in [1.165, 1.54) is 12.1 Å². The van der Waals surface area contributed by atoms with Crippen LogP contribution >= 0.6 is 0 Å². The fourth-order valence-electron chi connectivity index (χ4n) is 2.44. The van der Waals surface area contributed by atoms with Gasteiger partial charge in [0.05, 0.1) is 0 Å². The molecule has 0 radical (unpaired) electrons. The van der Waals surface area contributed by atoms with Crippen LogP contribution in [0.2, 0.25) is 0 Å². The zero-order valence-electron chi connectivity index (χ0n) is 10.6. The molecule has 0 bridgehead atoms. The van der Waals surface area contributed by atoms with Gasteiger partial charge in [-0.05, 0) is 30.2 Å². The first-order chi connectivity index (χ1) is 9.15. The first-order valence-corrected chi connectivity index (χ1v) is 6.14. The molecule has 3 rings (SSSR count). The van der Waals surface area contributed by atoms with Gasteiger partial charge in [-0.25, -0.2) is 4.39 Å². The van der Waals surface area contributed by atoms with Crippen LogP contribution in [0.3, 0.4) is 0 Å². The van der Waals surface area contributed by atoms with E-state index in [0.29, 0.717) is 5.56 Å². The molecule has 1 aliphatic rings. The summed E-state index contributed by atoms with van der Waals surface area (Å²) in [6.07, 6.45) is 5.33. The van der Waals surface area contributed by atoms with E-state index < -0.39 is 0 Å². The van der Waals surface area contributed by atoms with E-state index in [-0.39, 0.29) is 17.5 Å². The van der Waals surface area contributed by atoms with Gasteiger partial charge in [0, 0.05) is 5.56 Å². The number of benzene rings is 2. The molecule has 1 aliphatic heterocycles. The van der Waals surface area contributed by atoms with Gasteiger partial charge in [-0.15, -0.1) is 6.42 Å². The minimum absolute atomic E-state index is 0.110. The van der Waals surface area contributed by atoms with Crippen LogP contribution in [0.5, 0.6) is 0 Å². The van der Waals surface area contributed by atoms with Gasteiger partial charge in [-0.1, -0.05) is 42.3 Å². The van der Waals surface area contributed by atoms with E-state index in [1.54, 1.807) is 6.07 Å². The summed E-state index contributed by atoms with van der Waals surface area (Å²) in [6, 6.07) is 14.5. The van der Waals surface area contributed by atoms with Crippen molar-refractivity contribution >= 4 is 0 Å². The summed E-state index contributed by atoms with van der Waals surface area (Å²) in [5.74, 6) is 2.21. The highest BCUT2D eigenvalue weighted by atomic mass is 19.1. The molecule has 1 nitrogen and oxygen atoms in total. The Morgan fingerprint density at radius 3 is 2.63 bits per heavy atom. The first kappa shape index (κ1) is 12.0. The fraction of sp³-hybridized carbons (Fsp3) is 0.176. The lowest BCUT2D eigenvalue weighted by Crippen LogP contribution is -2.04. The van der Waals surface area contributed by atoms with E-state index in [0.717, 1.165) is 11.1 Å². The van der Waals surface area contributed by atoms with Gasteiger partial charge in [0.1, 0.15) is 17.5 Å². The van der Waals surface area contributed by atoms with Crippen molar-refractivity contribution in [1.82, 2.24) is 0 Å². The van der Waals surface area contributed by atoms with E-state index in [2.05, 4.69) is 5.92 Å². The highest BCUT2D eigenvalue weighted by Crippen LogP contribution is 2.57. The molecule has 19 heavy (non-hydrogen) atoms. The van der Waals surface area contributed by atoms with E-state index in [1.807, 2.05) is 37.3 Å². The monoisotopic (exact) mass is 252 g/mol. The van der Waals surface area contributed by atoms with E-state index in [9.17, 15) is 4.39 Å². The van der Waals surface area contributed by atoms with Crippen LogP contribution in [-0.2, 0) is 10.3 Å². The number of hydrogen-bond donors (Lipinski definition) is 0. The largest absolute Gasteiger partial charge is 0.356 e. The maximum atomic E-state index is 13.2. The normalized spacial score (nSPS) is 24.8. The van der Waals surface area contributed by atoms with Gasteiger partial charge in [-0.3, -0.25) is 0 Å². The predicted molar refractivity (Wildman–Crippen MR) is 72.0 cm³/mol. The van der Waals surface area contributed by atoms with Crippen molar-refractivity contribution in [1.29, 1.82) is 0 Å². The average molecular weight is 252 g/mol. The number of hydrogen-bond acceptors (Lipinski definition) is 1. The highest BCUT2D eigenvalue weighted by Gasteiger charge is 2.55. The van der Waals surface area contributed by atoms with Crippen molar-refractivity contribution < 1.29 is 9.13 Å². The second kappa shape index (κ2) is 4.22. The first-order valence-electron chi connectivity index (χ1n) is 6.14. The molecular weight excluding hydrogens is 239 g/mol. The summed E-state index contributed by atoms with van der Waals surface area (Å²) >= 11 is 0. The highest BCUT2D eigenvalue weighted by molar-refractivity contribution is 5.46. The lowest BCUT2D eigenvalue weighted by molar-refractivity contribution is 0.313. The van der Waals surface area contributed by atoms with Crippen LogP contribution in [0.25, 0.3) is 0 Å². The van der Waals surface area contributed by atoms with Crippen molar-refractivity contribution in [3.8, 4) is 12.3 Å². The fourth-order valence-corrected chi connectivity index (χ4v) is 2.44. The van der Waals surface area contributed by atoms with Gasteiger partial charge in [0.15, 0.2) is 0 Å². The molecule has 1 fully saturated rings. The standard InChI is InChI=1S/C17H13FO/c1-3-12-11-14(18)9-10-15(12)16-17(2,19-16)13-7-5-4-6-8-13/h1,4-11,16H,2H3/t16-,17-/m0/s1. The Morgan fingerprint density at radius 1 is 1.21 bits per heavy atom. The Labute approximate surface area is 112 Å². The van der Waals surface area contributed by atoms with Crippen molar-refractivity contribution in [2.75, 3.05) is 0 Å². The third-order valence-electron chi connectivity index (χ3n) is 3.61. The molecule has 2 heteroatoms. The Bertz CT molecular complexity index is 657. The predicted octanol–water partition coefficient (Wildman–Crippen LogP) is 3.79. The molecule has 0 aromatic heterocycles. The molecule has 1 saturated heterocycles. The van der Waals surface area contributed by atoms with E-state index >= 15 is 0 Å². The molecule has 0 aliphatic carbocycles. The van der Waals surface area contributed by atoms with Crippen molar-refractivity contribution in [3.63, 3.8) is 0 Å². The van der Waals surface area contributed by atoms with Crippen LogP contribution in [0, 0.1) is 18.2 Å². The Kier molecular flexibility index (Phi) is 2.66. The molecule has 2 aromatic rings. The molecular formula is C17H13FO. The minimum atomic E-state index is -0.370. The van der Waals surface area contributed by atoms with Crippen LogP contribution in [0.15, 0.2) is 48.5 Å². The second-order valence-electron chi connectivity index (χ2n) is 4.85. The van der Waals surface area contributed by atoms with Crippen molar-refractivity contribution in [2.24, 2.45) is 0 Å². The zero-order chi connectivity index (χ0) is 13.5. The second-order valence-corrected chi connectivity index (χ2v) is 4.85. The summed E-state index contributed by atoms with van der Waals surface area (Å²) in [7, 11) is 0. The van der Waals surface area contributed by atoms with Crippen LogP contribution in [0.4, 0.5) is 4.39 Å². The van der Waals surface area contributed by atoms with Gasteiger partial charge < -0.3 is 4.74 Å². The summed E-state index contributed by atoms with van der Waals surface area (Å²) in [4.78, 5) is 0. The Hall–Kier alpha value is -2.11. The summed E-state index contributed by atoms with van der Waals surface area (Å²) < 4.78 is 19.0. The smallest absolute Gasteiger partial charge is 0.124 e. The lowest BCUT2D eigenvalue weighted by atomic mass is 9.91. The summed E-state index contributed by atoms with van der Waals surface area (Å²) in [6.45, 7) is 2.02. The lowest BCUT2D eigenvalue weighted by Gasteiger charge is -2.08. The van der Waals surface area contributed by atoms with Gasteiger partial charge in [-0.2, -0.15) is 0 Å². The van der Waals surface area contributed by atoms with Crippen molar-refractivity contribution in [2.45, 2.75) is 18.6 Å². The SMILES string of the molecule is C#Cc1cc(F)ccc1[C@@H]1O[C@@]1(C)c1ccccc1. The topological polar surface area (TPSA) is 12.5 Å². The zero-order valence-corrected chi connectivity index (χ0v) is 10.6. The maximum absolute atomic E-state index is 13.2. The quantitative estimate of drug-likeness (QED) is 0.585. The molecule has 0 saturated carbocycles. The molecule has 94 valence electrons. The molecule has 1 heterocycles. The third-order valence-corrected chi connectivity index (χ3v) is 3.61.